The average molecular weight is 289 g/mol. The summed E-state index contributed by atoms with van der Waals surface area (Å²) < 4.78 is 0. The molecule has 1 aliphatic rings. The SMILES string of the molecule is CCN(CC(C)(C)O)C(=O)C1(c2ccccc2)CCCC1. The van der Waals surface area contributed by atoms with Gasteiger partial charge in [-0.1, -0.05) is 43.2 Å². The zero-order valence-electron chi connectivity index (χ0n) is 13.4. The molecule has 0 aromatic heterocycles. The number of likely N-dealkylation sites (N-methyl/N-ethyl adjacent to an activating group) is 1. The zero-order valence-corrected chi connectivity index (χ0v) is 13.4. The fraction of sp³-hybridized carbons (Fsp3) is 0.611. The smallest absolute Gasteiger partial charge is 0.233 e. The molecule has 21 heavy (non-hydrogen) atoms. The van der Waals surface area contributed by atoms with Crippen LogP contribution in [-0.2, 0) is 10.2 Å². The quantitative estimate of drug-likeness (QED) is 0.904. The fourth-order valence-electron chi connectivity index (χ4n) is 3.46. The van der Waals surface area contributed by atoms with Crippen LogP contribution in [0.3, 0.4) is 0 Å². The third-order valence-corrected chi connectivity index (χ3v) is 4.44. The third-order valence-electron chi connectivity index (χ3n) is 4.44. The first kappa shape index (κ1) is 16.0. The summed E-state index contributed by atoms with van der Waals surface area (Å²) in [5, 5.41) is 10.1. The molecular formula is C18H27NO2. The number of hydrogen-bond acceptors (Lipinski definition) is 2. The molecule has 1 aromatic carbocycles. The highest BCUT2D eigenvalue weighted by atomic mass is 16.3. The molecule has 116 valence electrons. The predicted molar refractivity (Wildman–Crippen MR) is 85.1 cm³/mol. The van der Waals surface area contributed by atoms with Gasteiger partial charge in [-0.2, -0.15) is 0 Å². The van der Waals surface area contributed by atoms with E-state index in [2.05, 4.69) is 12.1 Å². The normalized spacial score (nSPS) is 17.7. The number of hydrogen-bond donors (Lipinski definition) is 1. The van der Waals surface area contributed by atoms with Crippen molar-refractivity contribution in [2.24, 2.45) is 0 Å². The summed E-state index contributed by atoms with van der Waals surface area (Å²) >= 11 is 0. The maximum Gasteiger partial charge on any atom is 0.233 e. The molecule has 0 radical (unpaired) electrons. The number of carbonyl (C=O) groups excluding carboxylic acids is 1. The molecule has 0 atom stereocenters. The molecule has 0 saturated heterocycles. The Hall–Kier alpha value is -1.35. The minimum absolute atomic E-state index is 0.177. The first-order valence-corrected chi connectivity index (χ1v) is 7.96. The van der Waals surface area contributed by atoms with Gasteiger partial charge in [0.2, 0.25) is 5.91 Å². The van der Waals surface area contributed by atoms with E-state index in [1.165, 1.54) is 0 Å². The van der Waals surface area contributed by atoms with E-state index in [-0.39, 0.29) is 11.3 Å². The first-order valence-electron chi connectivity index (χ1n) is 7.96. The summed E-state index contributed by atoms with van der Waals surface area (Å²) in [7, 11) is 0. The molecule has 1 aliphatic carbocycles. The summed E-state index contributed by atoms with van der Waals surface area (Å²) in [6.45, 7) is 6.52. The van der Waals surface area contributed by atoms with Crippen LogP contribution in [0.25, 0.3) is 0 Å². The lowest BCUT2D eigenvalue weighted by molar-refractivity contribution is -0.140. The van der Waals surface area contributed by atoms with E-state index in [0.29, 0.717) is 13.1 Å². The van der Waals surface area contributed by atoms with Gasteiger partial charge in [0, 0.05) is 13.1 Å². The lowest BCUT2D eigenvalue weighted by Gasteiger charge is -2.37. The topological polar surface area (TPSA) is 40.5 Å². The number of carbonyl (C=O) groups is 1. The Morgan fingerprint density at radius 3 is 2.29 bits per heavy atom. The molecule has 0 aliphatic heterocycles. The minimum atomic E-state index is -0.859. The highest BCUT2D eigenvalue weighted by Gasteiger charge is 2.45. The van der Waals surface area contributed by atoms with Gasteiger partial charge in [-0.25, -0.2) is 0 Å². The van der Waals surface area contributed by atoms with Crippen molar-refractivity contribution in [2.75, 3.05) is 13.1 Å². The van der Waals surface area contributed by atoms with Crippen molar-refractivity contribution < 1.29 is 9.90 Å². The molecule has 0 spiro atoms. The fourth-order valence-corrected chi connectivity index (χ4v) is 3.46. The first-order chi connectivity index (χ1) is 9.89. The molecule has 0 unspecified atom stereocenters. The third kappa shape index (κ3) is 3.46. The van der Waals surface area contributed by atoms with Crippen molar-refractivity contribution in [3.8, 4) is 0 Å². The summed E-state index contributed by atoms with van der Waals surface area (Å²) in [6, 6.07) is 10.2. The maximum absolute atomic E-state index is 13.2. The summed E-state index contributed by atoms with van der Waals surface area (Å²) in [4.78, 5) is 15.0. The van der Waals surface area contributed by atoms with E-state index in [1.54, 1.807) is 13.8 Å². The van der Waals surface area contributed by atoms with Gasteiger partial charge in [0.1, 0.15) is 0 Å². The van der Waals surface area contributed by atoms with Crippen LogP contribution in [0, 0.1) is 0 Å². The number of benzene rings is 1. The van der Waals surface area contributed by atoms with Crippen molar-refractivity contribution in [1.29, 1.82) is 0 Å². The van der Waals surface area contributed by atoms with Gasteiger partial charge in [-0.3, -0.25) is 4.79 Å². The van der Waals surface area contributed by atoms with E-state index < -0.39 is 5.60 Å². The van der Waals surface area contributed by atoms with E-state index in [1.807, 2.05) is 30.0 Å². The Bertz CT molecular complexity index is 470. The van der Waals surface area contributed by atoms with Crippen molar-refractivity contribution in [2.45, 2.75) is 57.5 Å². The maximum atomic E-state index is 13.2. The number of nitrogens with zero attached hydrogens (tertiary/aromatic N) is 1. The molecule has 1 fully saturated rings. The van der Waals surface area contributed by atoms with Crippen molar-refractivity contribution >= 4 is 5.91 Å². The highest BCUT2D eigenvalue weighted by molar-refractivity contribution is 5.88. The minimum Gasteiger partial charge on any atom is -0.389 e. The summed E-state index contributed by atoms with van der Waals surface area (Å²) in [5.41, 5.74) is -0.119. The molecule has 0 bridgehead atoms. The van der Waals surface area contributed by atoms with E-state index in [4.69, 9.17) is 0 Å². The van der Waals surface area contributed by atoms with Gasteiger partial charge in [0.15, 0.2) is 0 Å². The monoisotopic (exact) mass is 289 g/mol. The number of amides is 1. The average Bonchev–Trinajstić information content (AvgIpc) is 2.95. The van der Waals surface area contributed by atoms with Crippen molar-refractivity contribution in [1.82, 2.24) is 4.90 Å². The van der Waals surface area contributed by atoms with Crippen molar-refractivity contribution in [3.63, 3.8) is 0 Å². The molecule has 1 aromatic rings. The Morgan fingerprint density at radius 1 is 1.24 bits per heavy atom. The van der Waals surface area contributed by atoms with Crippen LogP contribution in [0.2, 0.25) is 0 Å². The van der Waals surface area contributed by atoms with Crippen LogP contribution in [-0.4, -0.2) is 34.6 Å². The van der Waals surface area contributed by atoms with Gasteiger partial charge < -0.3 is 10.0 Å². The van der Waals surface area contributed by atoms with E-state index >= 15 is 0 Å². The van der Waals surface area contributed by atoms with Crippen molar-refractivity contribution in [3.05, 3.63) is 35.9 Å². The van der Waals surface area contributed by atoms with Crippen LogP contribution < -0.4 is 0 Å². The molecule has 1 amide bonds. The van der Waals surface area contributed by atoms with Crippen LogP contribution in [0.5, 0.6) is 0 Å². The van der Waals surface area contributed by atoms with Gasteiger partial charge in [-0.15, -0.1) is 0 Å². The number of rotatable bonds is 5. The standard InChI is InChI=1S/C18H27NO2/c1-4-19(14-17(2,3)21)16(20)18(12-8-9-13-18)15-10-6-5-7-11-15/h5-7,10-11,21H,4,8-9,12-14H2,1-3H3. The molecule has 1 N–H and O–H groups in total. The summed E-state index contributed by atoms with van der Waals surface area (Å²) in [5.74, 6) is 0.177. The van der Waals surface area contributed by atoms with E-state index in [9.17, 15) is 9.90 Å². The van der Waals surface area contributed by atoms with Gasteiger partial charge >= 0.3 is 0 Å². The number of aliphatic hydroxyl groups is 1. The second-order valence-electron chi connectivity index (χ2n) is 6.79. The largest absolute Gasteiger partial charge is 0.389 e. The second kappa shape index (κ2) is 6.18. The molecule has 2 rings (SSSR count). The predicted octanol–water partition coefficient (Wildman–Crippen LogP) is 3.12. The van der Waals surface area contributed by atoms with E-state index in [0.717, 1.165) is 31.2 Å². The van der Waals surface area contributed by atoms with Crippen LogP contribution in [0.15, 0.2) is 30.3 Å². The Kier molecular flexibility index (Phi) is 4.72. The second-order valence-corrected chi connectivity index (χ2v) is 6.79. The summed E-state index contributed by atoms with van der Waals surface area (Å²) in [6.07, 6.45) is 4.03. The van der Waals surface area contributed by atoms with Crippen LogP contribution in [0.4, 0.5) is 0 Å². The van der Waals surface area contributed by atoms with Gasteiger partial charge in [-0.05, 0) is 39.2 Å². The van der Waals surface area contributed by atoms with Gasteiger partial charge in [0.05, 0.1) is 11.0 Å². The molecule has 3 heteroatoms. The molecule has 3 nitrogen and oxygen atoms in total. The Balaban J connectivity index is 2.32. The lowest BCUT2D eigenvalue weighted by Crippen LogP contribution is -2.50. The molecule has 0 heterocycles. The highest BCUT2D eigenvalue weighted by Crippen LogP contribution is 2.42. The Labute approximate surface area is 128 Å². The molecular weight excluding hydrogens is 262 g/mol. The molecule has 1 saturated carbocycles. The lowest BCUT2D eigenvalue weighted by atomic mass is 9.77. The Morgan fingerprint density at radius 2 is 1.81 bits per heavy atom. The van der Waals surface area contributed by atoms with Gasteiger partial charge in [0.25, 0.3) is 0 Å². The zero-order chi connectivity index (χ0) is 15.5. The van der Waals surface area contributed by atoms with Crippen LogP contribution in [0.1, 0.15) is 52.0 Å². The van der Waals surface area contributed by atoms with Crippen LogP contribution >= 0.6 is 0 Å².